The van der Waals surface area contributed by atoms with Gasteiger partial charge in [-0.05, 0) is 61.1 Å². The molecule has 3 rings (SSSR count). The van der Waals surface area contributed by atoms with Crippen LogP contribution in [-0.4, -0.2) is 25.4 Å². The molecule has 4 nitrogen and oxygen atoms in total. The average Bonchev–Trinajstić information content (AvgIpc) is 3.00. The highest BCUT2D eigenvalue weighted by atomic mass is 32.2. The molecule has 0 amide bonds. The standard InChI is InChI=1S/C21H27N3OS/c1-6-15(5)26-17-7-8-18-19(12-17)23-24(22-18)20-11-14(4)10-16(21(20)25)9-13(2)3/h7-8,10-13,15,25H,6,9H2,1-5H3. The van der Waals surface area contributed by atoms with Crippen molar-refractivity contribution in [2.45, 2.75) is 57.6 Å². The van der Waals surface area contributed by atoms with Crippen LogP contribution < -0.4 is 0 Å². The van der Waals surface area contributed by atoms with E-state index < -0.39 is 0 Å². The second-order valence-electron chi connectivity index (χ2n) is 7.37. The molecule has 1 heterocycles. The molecule has 1 atom stereocenters. The number of aromatic nitrogens is 3. The van der Waals surface area contributed by atoms with Gasteiger partial charge in [0.1, 0.15) is 22.5 Å². The molecule has 0 spiro atoms. The summed E-state index contributed by atoms with van der Waals surface area (Å²) in [7, 11) is 0. The molecule has 1 unspecified atom stereocenters. The highest BCUT2D eigenvalue weighted by Gasteiger charge is 2.15. The van der Waals surface area contributed by atoms with Crippen molar-refractivity contribution < 1.29 is 5.11 Å². The lowest BCUT2D eigenvalue weighted by Crippen LogP contribution is -2.03. The Morgan fingerprint density at radius 2 is 1.81 bits per heavy atom. The van der Waals surface area contributed by atoms with Crippen LogP contribution in [0.1, 0.15) is 45.2 Å². The van der Waals surface area contributed by atoms with Crippen molar-refractivity contribution in [2.24, 2.45) is 5.92 Å². The van der Waals surface area contributed by atoms with E-state index in [0.717, 1.165) is 35.0 Å². The Kier molecular flexibility index (Phi) is 5.56. The number of aromatic hydroxyl groups is 1. The average molecular weight is 370 g/mol. The molecular weight excluding hydrogens is 342 g/mol. The summed E-state index contributed by atoms with van der Waals surface area (Å²) < 4.78 is 0. The molecule has 0 saturated heterocycles. The quantitative estimate of drug-likeness (QED) is 0.581. The normalized spacial score (nSPS) is 12.8. The maximum atomic E-state index is 10.7. The second-order valence-corrected chi connectivity index (χ2v) is 8.88. The van der Waals surface area contributed by atoms with Crippen LogP contribution in [0.4, 0.5) is 0 Å². The van der Waals surface area contributed by atoms with E-state index in [9.17, 15) is 5.11 Å². The molecule has 0 saturated carbocycles. The zero-order valence-corrected chi connectivity index (χ0v) is 17.0. The molecular formula is C21H27N3OS. The van der Waals surface area contributed by atoms with Gasteiger partial charge in [-0.1, -0.05) is 33.8 Å². The third-order valence-electron chi connectivity index (χ3n) is 4.42. The fraction of sp³-hybridized carbons (Fsp3) is 0.429. The summed E-state index contributed by atoms with van der Waals surface area (Å²) in [4.78, 5) is 2.77. The van der Waals surface area contributed by atoms with Crippen LogP contribution in [0.5, 0.6) is 5.75 Å². The Bertz CT molecular complexity index is 917. The Morgan fingerprint density at radius 3 is 2.50 bits per heavy atom. The molecule has 26 heavy (non-hydrogen) atoms. The summed E-state index contributed by atoms with van der Waals surface area (Å²) in [6.45, 7) is 10.8. The Morgan fingerprint density at radius 1 is 1.08 bits per heavy atom. The van der Waals surface area contributed by atoms with E-state index in [2.05, 4.69) is 50.0 Å². The predicted molar refractivity (Wildman–Crippen MR) is 109 cm³/mol. The number of phenolic OH excluding ortho intramolecular Hbond substituents is 1. The second kappa shape index (κ2) is 7.70. The maximum absolute atomic E-state index is 10.7. The Labute approximate surface area is 159 Å². The van der Waals surface area contributed by atoms with Gasteiger partial charge in [0.15, 0.2) is 0 Å². The summed E-state index contributed by atoms with van der Waals surface area (Å²) in [5.41, 5.74) is 4.38. The van der Waals surface area contributed by atoms with Crippen LogP contribution in [0.15, 0.2) is 35.2 Å². The van der Waals surface area contributed by atoms with Crippen LogP contribution in [0.2, 0.25) is 0 Å². The number of phenols is 1. The Hall–Kier alpha value is -2.01. The molecule has 1 N–H and O–H groups in total. The number of aryl methyl sites for hydroxylation is 1. The number of thioether (sulfide) groups is 1. The van der Waals surface area contributed by atoms with Crippen molar-refractivity contribution in [3.05, 3.63) is 41.5 Å². The van der Waals surface area contributed by atoms with Crippen molar-refractivity contribution in [2.75, 3.05) is 0 Å². The van der Waals surface area contributed by atoms with Gasteiger partial charge in [-0.25, -0.2) is 0 Å². The Balaban J connectivity index is 2.01. The third kappa shape index (κ3) is 4.04. The van der Waals surface area contributed by atoms with Crippen molar-refractivity contribution in [1.82, 2.24) is 15.0 Å². The van der Waals surface area contributed by atoms with Gasteiger partial charge in [-0.3, -0.25) is 0 Å². The van der Waals surface area contributed by atoms with Gasteiger partial charge < -0.3 is 5.11 Å². The predicted octanol–water partition coefficient (Wildman–Crippen LogP) is 5.52. The van der Waals surface area contributed by atoms with E-state index in [-0.39, 0.29) is 5.75 Å². The van der Waals surface area contributed by atoms with Crippen molar-refractivity contribution in [3.63, 3.8) is 0 Å². The summed E-state index contributed by atoms with van der Waals surface area (Å²) in [6.07, 6.45) is 1.96. The van der Waals surface area contributed by atoms with E-state index >= 15 is 0 Å². The highest BCUT2D eigenvalue weighted by Crippen LogP contribution is 2.31. The lowest BCUT2D eigenvalue weighted by Gasteiger charge is -2.12. The SMILES string of the molecule is CCC(C)Sc1ccc2nn(-c3cc(C)cc(CC(C)C)c3O)nc2c1. The van der Waals surface area contributed by atoms with Gasteiger partial charge in [0, 0.05) is 10.1 Å². The molecule has 1 aromatic heterocycles. The van der Waals surface area contributed by atoms with Gasteiger partial charge in [-0.15, -0.1) is 26.8 Å². The third-order valence-corrected chi connectivity index (χ3v) is 5.68. The first-order chi connectivity index (χ1) is 12.4. The fourth-order valence-electron chi connectivity index (χ4n) is 2.97. The van der Waals surface area contributed by atoms with Crippen molar-refractivity contribution in [3.8, 4) is 11.4 Å². The van der Waals surface area contributed by atoms with Crippen LogP contribution >= 0.6 is 11.8 Å². The number of fused-ring (bicyclic) bond motifs is 1. The summed E-state index contributed by atoms with van der Waals surface area (Å²) in [5, 5.41) is 20.5. The van der Waals surface area contributed by atoms with Gasteiger partial charge in [0.25, 0.3) is 0 Å². The molecule has 0 radical (unpaired) electrons. The molecule has 0 aliphatic heterocycles. The number of hydrogen-bond donors (Lipinski definition) is 1. The van der Waals surface area contributed by atoms with Gasteiger partial charge in [0.2, 0.25) is 0 Å². The van der Waals surface area contributed by atoms with Crippen molar-refractivity contribution >= 4 is 22.8 Å². The van der Waals surface area contributed by atoms with Crippen LogP contribution in [0.3, 0.4) is 0 Å². The minimum Gasteiger partial charge on any atom is -0.505 e. The molecule has 0 bridgehead atoms. The summed E-state index contributed by atoms with van der Waals surface area (Å²) in [5.74, 6) is 0.749. The van der Waals surface area contributed by atoms with Gasteiger partial charge >= 0.3 is 0 Å². The first-order valence-corrected chi connectivity index (χ1v) is 10.1. The van der Waals surface area contributed by atoms with Crippen LogP contribution in [0.25, 0.3) is 16.7 Å². The van der Waals surface area contributed by atoms with Gasteiger partial charge in [-0.2, -0.15) is 0 Å². The summed E-state index contributed by atoms with van der Waals surface area (Å²) >= 11 is 1.85. The van der Waals surface area contributed by atoms with Crippen LogP contribution in [-0.2, 0) is 6.42 Å². The molecule has 0 aliphatic rings. The van der Waals surface area contributed by atoms with E-state index in [1.165, 1.54) is 4.90 Å². The molecule has 138 valence electrons. The molecule has 0 fully saturated rings. The number of nitrogens with zero attached hydrogens (tertiary/aromatic N) is 3. The van der Waals surface area contributed by atoms with E-state index in [1.807, 2.05) is 36.9 Å². The minimum atomic E-state index is 0.277. The van der Waals surface area contributed by atoms with Crippen LogP contribution in [0, 0.1) is 12.8 Å². The van der Waals surface area contributed by atoms with E-state index in [0.29, 0.717) is 16.9 Å². The van der Waals surface area contributed by atoms with Crippen molar-refractivity contribution in [1.29, 1.82) is 0 Å². The smallest absolute Gasteiger partial charge is 0.146 e. The first-order valence-electron chi connectivity index (χ1n) is 9.24. The number of benzene rings is 2. The topological polar surface area (TPSA) is 50.9 Å². The highest BCUT2D eigenvalue weighted by molar-refractivity contribution is 7.99. The number of rotatable bonds is 6. The largest absolute Gasteiger partial charge is 0.505 e. The molecule has 3 aromatic rings. The van der Waals surface area contributed by atoms with Gasteiger partial charge in [0.05, 0.1) is 0 Å². The molecule has 2 aromatic carbocycles. The van der Waals surface area contributed by atoms with E-state index in [1.54, 1.807) is 4.80 Å². The zero-order valence-electron chi connectivity index (χ0n) is 16.2. The molecule has 5 heteroatoms. The monoisotopic (exact) mass is 369 g/mol. The summed E-state index contributed by atoms with van der Waals surface area (Å²) in [6, 6.07) is 10.2. The molecule has 0 aliphatic carbocycles. The lowest BCUT2D eigenvalue weighted by molar-refractivity contribution is 0.455. The minimum absolute atomic E-state index is 0.277. The fourth-order valence-corrected chi connectivity index (χ4v) is 3.93. The lowest BCUT2D eigenvalue weighted by atomic mass is 9.99. The first kappa shape index (κ1) is 18.8. The zero-order chi connectivity index (χ0) is 18.8. The maximum Gasteiger partial charge on any atom is 0.146 e. The number of hydrogen-bond acceptors (Lipinski definition) is 4. The van der Waals surface area contributed by atoms with E-state index in [4.69, 9.17) is 0 Å².